The molecule has 0 saturated heterocycles. The van der Waals surface area contributed by atoms with Gasteiger partial charge in [0.25, 0.3) is 5.91 Å². The molecule has 1 N–H and O–H groups in total. The van der Waals surface area contributed by atoms with Crippen molar-refractivity contribution >= 4 is 16.8 Å². The van der Waals surface area contributed by atoms with E-state index in [-0.39, 0.29) is 5.91 Å². The van der Waals surface area contributed by atoms with Crippen LogP contribution in [-0.4, -0.2) is 24.0 Å². The Bertz CT molecular complexity index is 798. The van der Waals surface area contributed by atoms with Crippen molar-refractivity contribution in [1.29, 1.82) is 0 Å². The number of carbonyl (C=O) groups is 1. The van der Waals surface area contributed by atoms with Crippen molar-refractivity contribution in [1.82, 2.24) is 10.3 Å². The molecule has 1 amide bonds. The van der Waals surface area contributed by atoms with Crippen molar-refractivity contribution < 1.29 is 9.53 Å². The SMILES string of the molecule is O=C(NCCCOCc1ccccc1)c1cccc2cccnc12. The third-order valence-corrected chi connectivity index (χ3v) is 3.74. The van der Waals surface area contributed by atoms with Gasteiger partial charge in [0, 0.05) is 24.7 Å². The molecule has 24 heavy (non-hydrogen) atoms. The number of nitrogens with one attached hydrogen (secondary N) is 1. The molecular weight excluding hydrogens is 300 g/mol. The van der Waals surface area contributed by atoms with Gasteiger partial charge < -0.3 is 10.1 Å². The lowest BCUT2D eigenvalue weighted by Crippen LogP contribution is -2.25. The van der Waals surface area contributed by atoms with Crippen LogP contribution in [0.1, 0.15) is 22.3 Å². The highest BCUT2D eigenvalue weighted by Crippen LogP contribution is 2.15. The quantitative estimate of drug-likeness (QED) is 0.677. The van der Waals surface area contributed by atoms with Gasteiger partial charge in [-0.05, 0) is 24.1 Å². The van der Waals surface area contributed by atoms with Crippen molar-refractivity contribution in [3.05, 3.63) is 78.0 Å². The molecule has 0 spiro atoms. The lowest BCUT2D eigenvalue weighted by atomic mass is 10.1. The molecule has 4 heteroatoms. The fraction of sp³-hybridized carbons (Fsp3) is 0.200. The number of fused-ring (bicyclic) bond motifs is 1. The second-order valence-electron chi connectivity index (χ2n) is 5.53. The zero-order valence-corrected chi connectivity index (χ0v) is 13.4. The molecule has 4 nitrogen and oxygen atoms in total. The van der Waals surface area contributed by atoms with E-state index >= 15 is 0 Å². The van der Waals surface area contributed by atoms with Crippen LogP contribution >= 0.6 is 0 Å². The molecule has 2 aromatic carbocycles. The third-order valence-electron chi connectivity index (χ3n) is 3.74. The molecule has 0 aliphatic heterocycles. The molecule has 3 aromatic rings. The largest absolute Gasteiger partial charge is 0.377 e. The van der Waals surface area contributed by atoms with Crippen LogP contribution in [0.3, 0.4) is 0 Å². The molecular formula is C20H20N2O2. The van der Waals surface area contributed by atoms with E-state index in [1.807, 2.05) is 54.6 Å². The first-order valence-corrected chi connectivity index (χ1v) is 8.08. The number of para-hydroxylation sites is 1. The fourth-order valence-corrected chi connectivity index (χ4v) is 2.52. The number of amides is 1. The number of hydrogen-bond acceptors (Lipinski definition) is 3. The molecule has 0 saturated carbocycles. The summed E-state index contributed by atoms with van der Waals surface area (Å²) >= 11 is 0. The summed E-state index contributed by atoms with van der Waals surface area (Å²) in [6, 6.07) is 19.5. The van der Waals surface area contributed by atoms with Crippen LogP contribution in [0.15, 0.2) is 66.9 Å². The molecule has 0 unspecified atom stereocenters. The summed E-state index contributed by atoms with van der Waals surface area (Å²) in [4.78, 5) is 16.6. The van der Waals surface area contributed by atoms with Gasteiger partial charge in [-0.3, -0.25) is 9.78 Å². The van der Waals surface area contributed by atoms with E-state index in [1.54, 1.807) is 12.3 Å². The number of rotatable bonds is 7. The predicted molar refractivity (Wildman–Crippen MR) is 94.8 cm³/mol. The average molecular weight is 320 g/mol. The third kappa shape index (κ3) is 4.18. The number of benzene rings is 2. The second-order valence-corrected chi connectivity index (χ2v) is 5.53. The number of carbonyl (C=O) groups excluding carboxylic acids is 1. The highest BCUT2D eigenvalue weighted by atomic mass is 16.5. The van der Waals surface area contributed by atoms with E-state index in [9.17, 15) is 4.79 Å². The lowest BCUT2D eigenvalue weighted by Gasteiger charge is -2.08. The van der Waals surface area contributed by atoms with Crippen LogP contribution in [0.25, 0.3) is 10.9 Å². The first-order chi connectivity index (χ1) is 11.8. The molecule has 122 valence electrons. The van der Waals surface area contributed by atoms with Crippen molar-refractivity contribution in [2.75, 3.05) is 13.2 Å². The Morgan fingerprint density at radius 1 is 1.00 bits per heavy atom. The molecule has 0 atom stereocenters. The van der Waals surface area contributed by atoms with E-state index in [1.165, 1.54) is 0 Å². The smallest absolute Gasteiger partial charge is 0.253 e. The molecule has 0 bridgehead atoms. The summed E-state index contributed by atoms with van der Waals surface area (Å²) in [5.41, 5.74) is 2.50. The van der Waals surface area contributed by atoms with Gasteiger partial charge in [0.15, 0.2) is 0 Å². The van der Waals surface area contributed by atoms with Crippen LogP contribution in [0.5, 0.6) is 0 Å². The molecule has 1 aromatic heterocycles. The second kappa shape index (κ2) is 8.22. The van der Waals surface area contributed by atoms with E-state index in [0.29, 0.717) is 25.3 Å². The molecule has 0 aliphatic carbocycles. The predicted octanol–water partition coefficient (Wildman–Crippen LogP) is 3.57. The van der Waals surface area contributed by atoms with Gasteiger partial charge in [-0.2, -0.15) is 0 Å². The molecule has 1 heterocycles. The molecule has 3 rings (SSSR count). The van der Waals surface area contributed by atoms with Crippen molar-refractivity contribution in [2.45, 2.75) is 13.0 Å². The first-order valence-electron chi connectivity index (χ1n) is 8.08. The number of ether oxygens (including phenoxy) is 1. The number of nitrogens with zero attached hydrogens (tertiary/aromatic N) is 1. The van der Waals surface area contributed by atoms with E-state index in [4.69, 9.17) is 4.74 Å². The molecule has 0 fully saturated rings. The lowest BCUT2D eigenvalue weighted by molar-refractivity contribution is 0.0936. The maximum absolute atomic E-state index is 12.3. The van der Waals surface area contributed by atoms with Crippen LogP contribution in [-0.2, 0) is 11.3 Å². The Morgan fingerprint density at radius 3 is 2.71 bits per heavy atom. The normalized spacial score (nSPS) is 10.7. The fourth-order valence-electron chi connectivity index (χ4n) is 2.52. The topological polar surface area (TPSA) is 51.2 Å². The summed E-state index contributed by atoms with van der Waals surface area (Å²) in [6.45, 7) is 1.79. The number of aromatic nitrogens is 1. The summed E-state index contributed by atoms with van der Waals surface area (Å²) in [6.07, 6.45) is 2.48. The van der Waals surface area contributed by atoms with E-state index in [0.717, 1.165) is 22.9 Å². The highest BCUT2D eigenvalue weighted by molar-refractivity contribution is 6.05. The summed E-state index contributed by atoms with van der Waals surface area (Å²) < 4.78 is 5.61. The minimum atomic E-state index is -0.0950. The standard InChI is InChI=1S/C20H20N2O2/c23-20(18-11-4-9-17-10-5-12-21-19(17)18)22-13-6-14-24-15-16-7-2-1-3-8-16/h1-5,7-12H,6,13-15H2,(H,22,23). The monoisotopic (exact) mass is 320 g/mol. The van der Waals surface area contributed by atoms with Crippen molar-refractivity contribution in [2.24, 2.45) is 0 Å². The Labute approximate surface area is 141 Å². The maximum atomic E-state index is 12.3. The van der Waals surface area contributed by atoms with E-state index < -0.39 is 0 Å². The first kappa shape index (κ1) is 16.1. The van der Waals surface area contributed by atoms with Gasteiger partial charge in [0.05, 0.1) is 17.7 Å². The Kier molecular flexibility index (Phi) is 5.53. The van der Waals surface area contributed by atoms with Gasteiger partial charge in [-0.25, -0.2) is 0 Å². The average Bonchev–Trinajstić information content (AvgIpc) is 2.64. The molecule has 0 aliphatic rings. The zero-order chi connectivity index (χ0) is 16.6. The number of hydrogen-bond donors (Lipinski definition) is 1. The van der Waals surface area contributed by atoms with Gasteiger partial charge >= 0.3 is 0 Å². The van der Waals surface area contributed by atoms with Crippen LogP contribution in [0, 0.1) is 0 Å². The van der Waals surface area contributed by atoms with Gasteiger partial charge in [0.2, 0.25) is 0 Å². The Hall–Kier alpha value is -2.72. The zero-order valence-electron chi connectivity index (χ0n) is 13.4. The Balaban J connectivity index is 1.44. The molecule has 0 radical (unpaired) electrons. The summed E-state index contributed by atoms with van der Waals surface area (Å²) in [5.74, 6) is -0.0950. The maximum Gasteiger partial charge on any atom is 0.253 e. The summed E-state index contributed by atoms with van der Waals surface area (Å²) in [5, 5.41) is 3.90. The van der Waals surface area contributed by atoms with Crippen LogP contribution in [0.4, 0.5) is 0 Å². The van der Waals surface area contributed by atoms with Gasteiger partial charge in [0.1, 0.15) is 0 Å². The minimum absolute atomic E-state index is 0.0950. The number of pyridine rings is 1. The van der Waals surface area contributed by atoms with Crippen molar-refractivity contribution in [3.8, 4) is 0 Å². The Morgan fingerprint density at radius 2 is 1.83 bits per heavy atom. The highest BCUT2D eigenvalue weighted by Gasteiger charge is 2.09. The van der Waals surface area contributed by atoms with E-state index in [2.05, 4.69) is 10.3 Å². The summed E-state index contributed by atoms with van der Waals surface area (Å²) in [7, 11) is 0. The van der Waals surface area contributed by atoms with Gasteiger partial charge in [-0.15, -0.1) is 0 Å². The van der Waals surface area contributed by atoms with Gasteiger partial charge in [-0.1, -0.05) is 48.5 Å². The minimum Gasteiger partial charge on any atom is -0.377 e. The van der Waals surface area contributed by atoms with Crippen LogP contribution < -0.4 is 5.32 Å². The van der Waals surface area contributed by atoms with Crippen molar-refractivity contribution in [3.63, 3.8) is 0 Å². The van der Waals surface area contributed by atoms with Crippen LogP contribution in [0.2, 0.25) is 0 Å².